The Balaban J connectivity index is 1.62. The Morgan fingerprint density at radius 2 is 2.09 bits per heavy atom. The highest BCUT2D eigenvalue weighted by Crippen LogP contribution is 2.47. The molecule has 0 aromatic carbocycles. The van der Waals surface area contributed by atoms with Crippen molar-refractivity contribution in [1.82, 2.24) is 0 Å². The molecule has 6 atom stereocenters. The molecule has 0 aromatic rings. The second-order valence-corrected chi connectivity index (χ2v) is 8.91. The predicted molar refractivity (Wildman–Crippen MR) is 69.7 cm³/mol. The van der Waals surface area contributed by atoms with E-state index in [0.29, 0.717) is 0 Å². The molecular formula is C10H15NO9S2. The molecule has 12 heteroatoms. The summed E-state index contributed by atoms with van der Waals surface area (Å²) in [5.74, 6) is -1.57. The van der Waals surface area contributed by atoms with Crippen LogP contribution in [0.5, 0.6) is 0 Å². The SMILES string of the molecule is NC(CCS(=O)(=O)O)C(=O)OC1C2CC3C(O2)C1OS3(=O)=O. The molecule has 3 rings (SSSR count). The van der Waals surface area contributed by atoms with Crippen molar-refractivity contribution in [3.8, 4) is 0 Å². The summed E-state index contributed by atoms with van der Waals surface area (Å²) in [5.41, 5.74) is 5.50. The lowest BCUT2D eigenvalue weighted by Gasteiger charge is -2.23. The van der Waals surface area contributed by atoms with E-state index >= 15 is 0 Å². The van der Waals surface area contributed by atoms with Gasteiger partial charge in [0.1, 0.15) is 23.5 Å². The van der Waals surface area contributed by atoms with Crippen molar-refractivity contribution >= 4 is 26.2 Å². The minimum absolute atomic E-state index is 0.182. The van der Waals surface area contributed by atoms with Crippen LogP contribution < -0.4 is 5.73 Å². The maximum Gasteiger partial charge on any atom is 0.323 e. The zero-order valence-electron chi connectivity index (χ0n) is 11.2. The van der Waals surface area contributed by atoms with E-state index in [9.17, 15) is 21.6 Å². The van der Waals surface area contributed by atoms with Crippen molar-refractivity contribution in [2.45, 2.75) is 48.5 Å². The van der Waals surface area contributed by atoms with Gasteiger partial charge < -0.3 is 15.2 Å². The highest BCUT2D eigenvalue weighted by molar-refractivity contribution is 7.87. The number of rotatable bonds is 5. The van der Waals surface area contributed by atoms with Gasteiger partial charge in [0, 0.05) is 0 Å². The molecule has 0 spiro atoms. The van der Waals surface area contributed by atoms with Crippen LogP contribution in [-0.4, -0.2) is 68.8 Å². The lowest BCUT2D eigenvalue weighted by molar-refractivity contribution is -0.156. The minimum atomic E-state index is -4.23. The fourth-order valence-electron chi connectivity index (χ4n) is 2.98. The smallest absolute Gasteiger partial charge is 0.323 e. The third-order valence-electron chi connectivity index (χ3n) is 4.03. The number of esters is 1. The molecule has 0 radical (unpaired) electrons. The van der Waals surface area contributed by atoms with Crippen LogP contribution in [0.15, 0.2) is 0 Å². The average Bonchev–Trinajstić information content (AvgIpc) is 2.99. The largest absolute Gasteiger partial charge is 0.455 e. The molecule has 3 heterocycles. The molecule has 22 heavy (non-hydrogen) atoms. The van der Waals surface area contributed by atoms with Gasteiger partial charge in [-0.3, -0.25) is 13.5 Å². The molecule has 0 saturated carbocycles. The van der Waals surface area contributed by atoms with Gasteiger partial charge in [-0.2, -0.15) is 16.8 Å². The average molecular weight is 357 g/mol. The first kappa shape index (κ1) is 16.1. The van der Waals surface area contributed by atoms with E-state index in [-0.39, 0.29) is 12.8 Å². The van der Waals surface area contributed by atoms with Crippen molar-refractivity contribution in [2.24, 2.45) is 5.73 Å². The molecule has 3 N–H and O–H groups in total. The monoisotopic (exact) mass is 357 g/mol. The van der Waals surface area contributed by atoms with E-state index in [1.54, 1.807) is 0 Å². The lowest BCUT2D eigenvalue weighted by Crippen LogP contribution is -2.45. The highest BCUT2D eigenvalue weighted by Gasteiger charge is 2.67. The first-order valence-electron chi connectivity index (χ1n) is 6.57. The molecule has 3 saturated heterocycles. The van der Waals surface area contributed by atoms with Crippen molar-refractivity contribution in [3.05, 3.63) is 0 Å². The number of carbonyl (C=O) groups is 1. The van der Waals surface area contributed by atoms with Gasteiger partial charge in [0.15, 0.2) is 6.10 Å². The van der Waals surface area contributed by atoms with Crippen LogP contribution in [0.4, 0.5) is 0 Å². The number of ether oxygens (including phenoxy) is 2. The summed E-state index contributed by atoms with van der Waals surface area (Å²) in [6.07, 6.45) is -3.13. The summed E-state index contributed by atoms with van der Waals surface area (Å²) in [5, 5.41) is -0.731. The molecule has 0 amide bonds. The molecule has 126 valence electrons. The topological polar surface area (TPSA) is 159 Å². The molecule has 3 aliphatic heterocycles. The van der Waals surface area contributed by atoms with Gasteiger partial charge >= 0.3 is 5.97 Å². The van der Waals surface area contributed by atoms with E-state index in [0.717, 1.165) is 0 Å². The van der Waals surface area contributed by atoms with E-state index < -0.39 is 67.7 Å². The van der Waals surface area contributed by atoms with Gasteiger partial charge in [-0.1, -0.05) is 0 Å². The van der Waals surface area contributed by atoms with Crippen molar-refractivity contribution in [1.29, 1.82) is 0 Å². The second-order valence-electron chi connectivity index (χ2n) is 5.55. The summed E-state index contributed by atoms with van der Waals surface area (Å²) in [6.45, 7) is 0. The van der Waals surface area contributed by atoms with E-state index in [1.807, 2.05) is 0 Å². The number of nitrogens with two attached hydrogens (primary N) is 1. The van der Waals surface area contributed by atoms with Crippen LogP contribution in [0.1, 0.15) is 12.8 Å². The maximum absolute atomic E-state index is 11.8. The number of fused-ring (bicyclic) bond motifs is 1. The van der Waals surface area contributed by atoms with Crippen LogP contribution in [0.3, 0.4) is 0 Å². The van der Waals surface area contributed by atoms with E-state index in [1.165, 1.54) is 0 Å². The molecule has 6 unspecified atom stereocenters. The van der Waals surface area contributed by atoms with Gasteiger partial charge in [0.25, 0.3) is 20.2 Å². The Labute approximate surface area is 126 Å². The minimum Gasteiger partial charge on any atom is -0.455 e. The molecular weight excluding hydrogens is 342 g/mol. The molecule has 3 fully saturated rings. The van der Waals surface area contributed by atoms with Crippen molar-refractivity contribution in [3.63, 3.8) is 0 Å². The first-order valence-corrected chi connectivity index (χ1v) is 9.65. The zero-order chi connectivity index (χ0) is 16.3. The third kappa shape index (κ3) is 2.74. The van der Waals surface area contributed by atoms with E-state index in [4.69, 9.17) is 23.9 Å². The summed E-state index contributed by atoms with van der Waals surface area (Å²) in [4.78, 5) is 11.8. The standard InChI is InChI=1S/C10H15NO9S2/c11-4(1-2-21(13,14)15)10(12)19-7-5-3-6-8(18-5)9(7)20-22(6,16)17/h4-9H,1-3,11H2,(H,13,14,15). The number of hydrogen-bond acceptors (Lipinski definition) is 9. The van der Waals surface area contributed by atoms with Crippen LogP contribution >= 0.6 is 0 Å². The molecule has 3 aliphatic rings. The number of carbonyl (C=O) groups excluding carboxylic acids is 1. The Morgan fingerprint density at radius 3 is 2.73 bits per heavy atom. The first-order chi connectivity index (χ1) is 10.1. The Bertz CT molecular complexity index is 687. The Kier molecular flexibility index (Phi) is 3.73. The van der Waals surface area contributed by atoms with Crippen molar-refractivity contribution in [2.75, 3.05) is 5.75 Å². The predicted octanol–water partition coefficient (Wildman–Crippen LogP) is -2.23. The quantitative estimate of drug-likeness (QED) is 0.313. The Morgan fingerprint density at radius 1 is 1.41 bits per heavy atom. The normalized spacial score (nSPS) is 39.8. The van der Waals surface area contributed by atoms with Crippen LogP contribution in [0.25, 0.3) is 0 Å². The second kappa shape index (κ2) is 5.11. The fourth-order valence-corrected chi connectivity index (χ4v) is 5.18. The zero-order valence-corrected chi connectivity index (χ0v) is 12.8. The number of hydrogen-bond donors (Lipinski definition) is 2. The summed E-state index contributed by atoms with van der Waals surface area (Å²) >= 11 is 0. The molecule has 10 nitrogen and oxygen atoms in total. The fraction of sp³-hybridized carbons (Fsp3) is 0.900. The van der Waals surface area contributed by atoms with E-state index in [2.05, 4.69) is 0 Å². The van der Waals surface area contributed by atoms with Gasteiger partial charge in [-0.25, -0.2) is 0 Å². The van der Waals surface area contributed by atoms with Gasteiger partial charge in [0.2, 0.25) is 0 Å². The van der Waals surface area contributed by atoms with Crippen molar-refractivity contribution < 1.29 is 39.8 Å². The lowest BCUT2D eigenvalue weighted by atomic mass is 9.94. The van der Waals surface area contributed by atoms with Gasteiger partial charge in [-0.15, -0.1) is 0 Å². The summed E-state index contributed by atoms with van der Waals surface area (Å²) < 4.78 is 68.8. The van der Waals surface area contributed by atoms with Gasteiger partial charge in [-0.05, 0) is 12.8 Å². The van der Waals surface area contributed by atoms with Crippen LogP contribution in [0.2, 0.25) is 0 Å². The van der Waals surface area contributed by atoms with Crippen LogP contribution in [0, 0.1) is 0 Å². The summed E-state index contributed by atoms with van der Waals surface area (Å²) in [6, 6.07) is -1.25. The molecule has 2 bridgehead atoms. The highest BCUT2D eigenvalue weighted by atomic mass is 32.2. The Hall–Kier alpha value is -0.790. The summed E-state index contributed by atoms with van der Waals surface area (Å²) in [7, 11) is -7.94. The third-order valence-corrected chi connectivity index (χ3v) is 6.48. The van der Waals surface area contributed by atoms with Gasteiger partial charge in [0.05, 0.1) is 11.9 Å². The molecule has 0 aliphatic carbocycles. The van der Waals surface area contributed by atoms with Crippen LogP contribution in [-0.2, 0) is 38.7 Å². The molecule has 0 aromatic heterocycles. The maximum atomic E-state index is 11.8.